The number of hydrogen-bond donors (Lipinski definition) is 2. The van der Waals surface area contributed by atoms with E-state index in [-0.39, 0.29) is 22.7 Å². The maximum Gasteiger partial charge on any atom is 0.250 e. The minimum atomic E-state index is -3.48. The smallest absolute Gasteiger partial charge is 0.250 e. The summed E-state index contributed by atoms with van der Waals surface area (Å²) in [7, 11) is -3.48. The van der Waals surface area contributed by atoms with Gasteiger partial charge in [0.05, 0.1) is 4.34 Å². The summed E-state index contributed by atoms with van der Waals surface area (Å²) < 4.78 is 27.2. The minimum absolute atomic E-state index is 0. The molecule has 0 amide bonds. The Balaban J connectivity index is 0.00000289. The quantitative estimate of drug-likeness (QED) is 0.806. The lowest BCUT2D eigenvalue weighted by Gasteiger charge is -2.15. The van der Waals surface area contributed by atoms with E-state index in [0.717, 1.165) is 30.6 Å². The maximum absolute atomic E-state index is 12.0. The Bertz CT molecular complexity index is 448. The molecule has 0 aromatic carbocycles. The van der Waals surface area contributed by atoms with Crippen LogP contribution < -0.4 is 10.5 Å². The highest BCUT2D eigenvalue weighted by atomic mass is 35.5. The van der Waals surface area contributed by atoms with Gasteiger partial charge in [-0.2, -0.15) is 0 Å². The molecule has 1 aromatic rings. The number of nitrogens with two attached hydrogens (primary N) is 1. The Hall–Kier alpha value is 0.150. The third kappa shape index (κ3) is 5.42. The Morgan fingerprint density at radius 1 is 1.50 bits per heavy atom. The molecule has 8 heteroatoms. The zero-order chi connectivity index (χ0) is 12.9. The molecule has 106 valence electrons. The van der Waals surface area contributed by atoms with Gasteiger partial charge in [-0.3, -0.25) is 0 Å². The molecule has 1 aromatic heterocycles. The predicted molar refractivity (Wildman–Crippen MR) is 79.3 cm³/mol. The van der Waals surface area contributed by atoms with Gasteiger partial charge < -0.3 is 5.73 Å². The normalized spacial score (nSPS) is 13.1. The van der Waals surface area contributed by atoms with E-state index in [4.69, 9.17) is 17.3 Å². The van der Waals surface area contributed by atoms with E-state index < -0.39 is 10.0 Å². The van der Waals surface area contributed by atoms with Crippen molar-refractivity contribution in [3.8, 4) is 0 Å². The Labute approximate surface area is 123 Å². The molecule has 1 atom stereocenters. The highest BCUT2D eigenvalue weighted by Crippen LogP contribution is 2.25. The fourth-order valence-corrected chi connectivity index (χ4v) is 4.18. The second-order valence-corrected chi connectivity index (χ2v) is 7.41. The predicted octanol–water partition coefficient (Wildman–Crippen LogP) is 2.62. The van der Waals surface area contributed by atoms with Crippen LogP contribution in [0.1, 0.15) is 26.2 Å². The Kier molecular flexibility index (Phi) is 8.42. The fourth-order valence-electron chi connectivity index (χ4n) is 1.40. The van der Waals surface area contributed by atoms with Crippen LogP contribution in [0.2, 0.25) is 4.34 Å². The van der Waals surface area contributed by atoms with E-state index in [1.165, 1.54) is 6.07 Å². The van der Waals surface area contributed by atoms with Crippen LogP contribution in [0, 0.1) is 0 Å². The van der Waals surface area contributed by atoms with Gasteiger partial charge in [-0.15, -0.1) is 23.7 Å². The van der Waals surface area contributed by atoms with Crippen LogP contribution in [0.25, 0.3) is 0 Å². The summed E-state index contributed by atoms with van der Waals surface area (Å²) in [6, 6.07) is 2.87. The van der Waals surface area contributed by atoms with Crippen molar-refractivity contribution in [2.75, 3.05) is 6.54 Å². The van der Waals surface area contributed by atoms with Gasteiger partial charge in [0.2, 0.25) is 10.0 Å². The van der Waals surface area contributed by atoms with Crippen LogP contribution in [0.3, 0.4) is 0 Å². The molecule has 0 saturated heterocycles. The van der Waals surface area contributed by atoms with Crippen molar-refractivity contribution in [3.05, 3.63) is 16.5 Å². The molecule has 1 unspecified atom stereocenters. The molecule has 0 aliphatic rings. The van der Waals surface area contributed by atoms with Gasteiger partial charge in [-0.1, -0.05) is 31.4 Å². The highest BCUT2D eigenvalue weighted by molar-refractivity contribution is 7.91. The average molecular weight is 333 g/mol. The number of nitrogens with one attached hydrogen (secondary N) is 1. The van der Waals surface area contributed by atoms with E-state index in [9.17, 15) is 8.42 Å². The molecule has 1 heterocycles. The summed E-state index contributed by atoms with van der Waals surface area (Å²) in [6.45, 7) is 2.36. The third-order valence-corrected chi connectivity index (χ3v) is 5.57. The number of sulfonamides is 1. The molecule has 0 radical (unpaired) electrons. The number of rotatable bonds is 7. The van der Waals surface area contributed by atoms with Gasteiger partial charge in [-0.05, 0) is 18.6 Å². The molecular weight excluding hydrogens is 315 g/mol. The number of halogens is 2. The summed E-state index contributed by atoms with van der Waals surface area (Å²) >= 11 is 6.77. The first-order valence-electron chi connectivity index (χ1n) is 5.47. The molecule has 0 aliphatic heterocycles. The minimum Gasteiger partial charge on any atom is -0.329 e. The van der Waals surface area contributed by atoms with Crippen LogP contribution in [0.15, 0.2) is 16.3 Å². The van der Waals surface area contributed by atoms with Crippen LogP contribution >= 0.6 is 35.3 Å². The monoisotopic (exact) mass is 332 g/mol. The molecule has 18 heavy (non-hydrogen) atoms. The van der Waals surface area contributed by atoms with Crippen LogP contribution in [0.4, 0.5) is 0 Å². The summed E-state index contributed by atoms with van der Waals surface area (Å²) in [5, 5.41) is 0. The molecule has 4 nitrogen and oxygen atoms in total. The van der Waals surface area contributed by atoms with Gasteiger partial charge in [-0.25, -0.2) is 13.1 Å². The van der Waals surface area contributed by atoms with Crippen molar-refractivity contribution in [1.82, 2.24) is 4.72 Å². The number of unbranched alkanes of at least 4 members (excludes halogenated alkanes) is 1. The summed E-state index contributed by atoms with van der Waals surface area (Å²) in [4.78, 5) is 0. The zero-order valence-electron chi connectivity index (χ0n) is 10.1. The number of hydrogen-bond acceptors (Lipinski definition) is 4. The van der Waals surface area contributed by atoms with Crippen molar-refractivity contribution in [1.29, 1.82) is 0 Å². The third-order valence-electron chi connectivity index (χ3n) is 2.33. The largest absolute Gasteiger partial charge is 0.329 e. The molecule has 1 rings (SSSR count). The van der Waals surface area contributed by atoms with Crippen LogP contribution in [-0.4, -0.2) is 21.0 Å². The lowest BCUT2D eigenvalue weighted by molar-refractivity contribution is 0.517. The molecule has 3 N–H and O–H groups in total. The van der Waals surface area contributed by atoms with Crippen molar-refractivity contribution in [3.63, 3.8) is 0 Å². The first-order valence-corrected chi connectivity index (χ1v) is 8.15. The van der Waals surface area contributed by atoms with Gasteiger partial charge in [0.1, 0.15) is 4.21 Å². The second-order valence-electron chi connectivity index (χ2n) is 3.75. The topological polar surface area (TPSA) is 72.2 Å². The zero-order valence-corrected chi connectivity index (χ0v) is 13.3. The molecular formula is C10H18Cl2N2O2S2. The summed E-state index contributed by atoms with van der Waals surface area (Å²) in [5.74, 6) is 0. The Morgan fingerprint density at radius 2 is 2.17 bits per heavy atom. The van der Waals surface area contributed by atoms with Gasteiger partial charge in [0.25, 0.3) is 0 Å². The summed E-state index contributed by atoms with van der Waals surface area (Å²) in [6.07, 6.45) is 2.73. The lowest BCUT2D eigenvalue weighted by Crippen LogP contribution is -2.39. The van der Waals surface area contributed by atoms with Crippen molar-refractivity contribution in [2.45, 2.75) is 36.4 Å². The van der Waals surface area contributed by atoms with Gasteiger partial charge in [0.15, 0.2) is 0 Å². The maximum atomic E-state index is 12.0. The summed E-state index contributed by atoms with van der Waals surface area (Å²) in [5.41, 5.74) is 5.55. The van der Waals surface area contributed by atoms with Crippen LogP contribution in [-0.2, 0) is 10.0 Å². The van der Waals surface area contributed by atoms with E-state index in [1.807, 2.05) is 0 Å². The Morgan fingerprint density at radius 3 is 2.61 bits per heavy atom. The van der Waals surface area contributed by atoms with Crippen molar-refractivity contribution >= 4 is 45.4 Å². The van der Waals surface area contributed by atoms with Crippen LogP contribution in [0.5, 0.6) is 0 Å². The average Bonchev–Trinajstić information content (AvgIpc) is 2.71. The van der Waals surface area contributed by atoms with E-state index in [1.54, 1.807) is 6.07 Å². The molecule has 0 saturated carbocycles. The van der Waals surface area contributed by atoms with Gasteiger partial charge in [0, 0.05) is 12.6 Å². The lowest BCUT2D eigenvalue weighted by atomic mass is 10.1. The first-order chi connectivity index (χ1) is 7.99. The first kappa shape index (κ1) is 18.1. The van der Waals surface area contributed by atoms with Crippen molar-refractivity contribution in [2.24, 2.45) is 5.73 Å². The van der Waals surface area contributed by atoms with E-state index in [0.29, 0.717) is 10.9 Å². The molecule has 0 fully saturated rings. The van der Waals surface area contributed by atoms with Crippen molar-refractivity contribution < 1.29 is 8.42 Å². The standard InChI is InChI=1S/C10H17ClN2O2S2.ClH/c1-2-3-4-8(7-12)13-17(14,15)10-6-5-9(11)16-10;/h5-6,8,13H,2-4,7,12H2,1H3;1H. The van der Waals surface area contributed by atoms with E-state index >= 15 is 0 Å². The van der Waals surface area contributed by atoms with Gasteiger partial charge >= 0.3 is 0 Å². The highest BCUT2D eigenvalue weighted by Gasteiger charge is 2.20. The second kappa shape index (κ2) is 8.35. The number of thiophene rings is 1. The molecule has 0 aliphatic carbocycles. The molecule has 0 bridgehead atoms. The molecule has 0 spiro atoms. The SMILES string of the molecule is CCCCC(CN)NS(=O)(=O)c1ccc(Cl)s1.Cl. The van der Waals surface area contributed by atoms with E-state index in [2.05, 4.69) is 11.6 Å². The fraction of sp³-hybridized carbons (Fsp3) is 0.600.